The quantitative estimate of drug-likeness (QED) is 0.427. The van der Waals surface area contributed by atoms with Gasteiger partial charge in [0.05, 0.1) is 6.26 Å². The van der Waals surface area contributed by atoms with Crippen LogP contribution in [0.25, 0.3) is 0 Å². The van der Waals surface area contributed by atoms with Crippen LogP contribution >= 0.6 is 0 Å². The first kappa shape index (κ1) is 31.4. The van der Waals surface area contributed by atoms with E-state index < -0.39 is 0 Å². The highest BCUT2D eigenvalue weighted by Crippen LogP contribution is 2.09. The van der Waals surface area contributed by atoms with Gasteiger partial charge < -0.3 is 20.1 Å². The Balaban J connectivity index is 0. The molecule has 7 heteroatoms. The van der Waals surface area contributed by atoms with Crippen molar-refractivity contribution in [3.8, 4) is 0 Å². The minimum Gasteiger partial charge on any atom is -0.516 e. The second kappa shape index (κ2) is 18.9. The highest BCUT2D eigenvalue weighted by Gasteiger charge is 2.24. The maximum atomic E-state index is 12.1. The Morgan fingerprint density at radius 2 is 1.66 bits per heavy atom. The fourth-order valence-corrected chi connectivity index (χ4v) is 2.50. The smallest absolute Gasteiger partial charge is 0.302 e. The normalized spacial score (nSPS) is 10.7. The van der Waals surface area contributed by atoms with Gasteiger partial charge in [-0.1, -0.05) is 64.6 Å². The predicted octanol–water partition coefficient (Wildman–Crippen LogP) is 4.48. The zero-order valence-corrected chi connectivity index (χ0v) is 20.8. The van der Waals surface area contributed by atoms with E-state index in [0.29, 0.717) is 37.8 Å². The number of nitrogens with zero attached hydrogens (tertiary/aromatic N) is 1. The van der Waals surface area contributed by atoms with E-state index in [9.17, 15) is 14.4 Å². The van der Waals surface area contributed by atoms with Gasteiger partial charge in [-0.25, -0.2) is 0 Å². The number of carbonyl (C=O) groups excluding carboxylic acids is 3. The van der Waals surface area contributed by atoms with Crippen molar-refractivity contribution in [2.75, 3.05) is 13.6 Å². The topological polar surface area (TPSA) is 95.9 Å². The number of hydrogen-bond acceptors (Lipinski definition) is 5. The van der Waals surface area contributed by atoms with Crippen molar-refractivity contribution in [3.05, 3.63) is 48.7 Å². The molecule has 0 bridgehead atoms. The molecule has 0 aliphatic carbocycles. The minimum atomic E-state index is -0.388. The van der Waals surface area contributed by atoms with E-state index in [1.165, 1.54) is 6.92 Å². The van der Waals surface area contributed by atoms with Crippen molar-refractivity contribution in [1.82, 2.24) is 10.2 Å². The van der Waals surface area contributed by atoms with E-state index in [1.54, 1.807) is 11.9 Å². The Bertz CT molecular complexity index is 660. The molecule has 1 unspecified atom stereocenters. The number of amides is 2. The molecule has 1 aromatic rings. The second-order valence-electron chi connectivity index (χ2n) is 8.15. The number of aliphatic hydroxyl groups excluding tert-OH is 1. The van der Waals surface area contributed by atoms with Crippen LogP contribution in [0.2, 0.25) is 0 Å². The molecule has 0 aromatic heterocycles. The van der Waals surface area contributed by atoms with E-state index in [-0.39, 0.29) is 23.8 Å². The maximum absolute atomic E-state index is 12.1. The summed E-state index contributed by atoms with van der Waals surface area (Å²) in [6, 6.07) is 9.21. The largest absolute Gasteiger partial charge is 0.516 e. The zero-order valence-electron chi connectivity index (χ0n) is 20.8. The average molecular weight is 451 g/mol. The Hall–Kier alpha value is -2.83. The average Bonchev–Trinajstić information content (AvgIpc) is 2.71. The molecule has 7 nitrogen and oxygen atoms in total. The number of aliphatic hydroxyl groups is 1. The third kappa shape index (κ3) is 18.0. The Morgan fingerprint density at radius 3 is 2.06 bits per heavy atom. The van der Waals surface area contributed by atoms with Gasteiger partial charge in [0.2, 0.25) is 11.8 Å². The molecule has 0 radical (unpaired) electrons. The standard InChI is InChI=1S/C14H28N2O2.C9H10O2.C2H4O/c1-7-16(6)14(18)12(8-10(2)3)15-13(17)9-11(4)5;1-8(10)11-7-9-5-3-2-4-6-9;1-2-3/h10-12H,7-9H2,1-6H3,(H,15,17);2-6H,7H2,1H3;2-3H,1H2. The number of ether oxygens (including phenoxy) is 1. The molecule has 2 amide bonds. The molecule has 32 heavy (non-hydrogen) atoms. The monoisotopic (exact) mass is 450 g/mol. The third-order valence-electron chi connectivity index (χ3n) is 4.07. The first-order valence-electron chi connectivity index (χ1n) is 10.9. The van der Waals surface area contributed by atoms with E-state index in [4.69, 9.17) is 9.84 Å². The SMILES string of the molecule is C=CO.CC(=O)OCc1ccccc1.CCN(C)C(=O)C(CC(C)C)NC(=O)CC(C)C. The number of benzene rings is 1. The van der Waals surface area contributed by atoms with Crippen LogP contribution in [-0.4, -0.2) is 47.4 Å². The summed E-state index contributed by atoms with van der Waals surface area (Å²) >= 11 is 0. The molecule has 0 saturated carbocycles. The first-order valence-corrected chi connectivity index (χ1v) is 10.9. The number of rotatable bonds is 9. The number of likely N-dealkylation sites (N-methyl/N-ethyl adjacent to an activating group) is 1. The predicted molar refractivity (Wildman–Crippen MR) is 129 cm³/mol. The van der Waals surface area contributed by atoms with Gasteiger partial charge >= 0.3 is 5.97 Å². The zero-order chi connectivity index (χ0) is 25.1. The molecule has 0 fully saturated rings. The highest BCUT2D eigenvalue weighted by molar-refractivity contribution is 5.87. The van der Waals surface area contributed by atoms with E-state index in [0.717, 1.165) is 11.8 Å². The molecule has 182 valence electrons. The van der Waals surface area contributed by atoms with Crippen LogP contribution in [0.1, 0.15) is 59.9 Å². The van der Waals surface area contributed by atoms with E-state index in [2.05, 4.69) is 25.7 Å². The molecule has 1 rings (SSSR count). The molecule has 0 aliphatic rings. The number of nitrogens with one attached hydrogen (secondary N) is 1. The van der Waals surface area contributed by atoms with Crippen LogP contribution in [0.4, 0.5) is 0 Å². The lowest BCUT2D eigenvalue weighted by molar-refractivity contribution is -0.142. The van der Waals surface area contributed by atoms with Crippen LogP contribution in [-0.2, 0) is 25.7 Å². The van der Waals surface area contributed by atoms with Gasteiger partial charge in [-0.05, 0) is 30.7 Å². The maximum Gasteiger partial charge on any atom is 0.302 e. The molecular formula is C25H42N2O5. The van der Waals surface area contributed by atoms with Gasteiger partial charge in [-0.3, -0.25) is 14.4 Å². The lowest BCUT2D eigenvalue weighted by Crippen LogP contribution is -2.48. The van der Waals surface area contributed by atoms with Crippen molar-refractivity contribution in [2.45, 2.75) is 67.0 Å². The summed E-state index contributed by atoms with van der Waals surface area (Å²) in [5.41, 5.74) is 1.02. The van der Waals surface area contributed by atoms with Crippen molar-refractivity contribution >= 4 is 17.8 Å². The lowest BCUT2D eigenvalue weighted by atomic mass is 10.0. The molecule has 0 saturated heterocycles. The van der Waals surface area contributed by atoms with Crippen molar-refractivity contribution in [1.29, 1.82) is 0 Å². The summed E-state index contributed by atoms with van der Waals surface area (Å²) in [6.45, 7) is 15.4. The van der Waals surface area contributed by atoms with Gasteiger partial charge in [-0.15, -0.1) is 0 Å². The molecule has 0 heterocycles. The second-order valence-corrected chi connectivity index (χ2v) is 8.15. The Morgan fingerprint density at radius 1 is 1.12 bits per heavy atom. The van der Waals surface area contributed by atoms with Crippen LogP contribution in [0.3, 0.4) is 0 Å². The summed E-state index contributed by atoms with van der Waals surface area (Å²) in [6.07, 6.45) is 1.91. The van der Waals surface area contributed by atoms with Gasteiger partial charge in [-0.2, -0.15) is 0 Å². The third-order valence-corrected chi connectivity index (χ3v) is 4.07. The molecule has 1 aromatic carbocycles. The summed E-state index contributed by atoms with van der Waals surface area (Å²) in [5, 5.41) is 10.2. The Labute approximate surface area is 193 Å². The van der Waals surface area contributed by atoms with Crippen molar-refractivity contribution in [2.24, 2.45) is 11.8 Å². The molecule has 1 atom stereocenters. The van der Waals surface area contributed by atoms with E-state index in [1.807, 2.05) is 51.1 Å². The summed E-state index contributed by atoms with van der Waals surface area (Å²) in [4.78, 5) is 36.0. The fourth-order valence-electron chi connectivity index (χ4n) is 2.50. The number of hydrogen-bond donors (Lipinski definition) is 2. The lowest BCUT2D eigenvalue weighted by Gasteiger charge is -2.25. The summed E-state index contributed by atoms with van der Waals surface area (Å²) in [5.74, 6) is 0.415. The Kier molecular flexibility index (Phi) is 18.5. The molecule has 0 aliphatic heterocycles. The summed E-state index contributed by atoms with van der Waals surface area (Å²) < 4.78 is 4.79. The highest BCUT2D eigenvalue weighted by atomic mass is 16.5. The van der Waals surface area contributed by atoms with Gasteiger partial charge in [0, 0.05) is 26.9 Å². The first-order chi connectivity index (χ1) is 15.0. The van der Waals surface area contributed by atoms with Gasteiger partial charge in [0.15, 0.2) is 0 Å². The summed E-state index contributed by atoms with van der Waals surface area (Å²) in [7, 11) is 1.77. The molecule has 0 spiro atoms. The van der Waals surface area contributed by atoms with Gasteiger partial charge in [0.25, 0.3) is 0 Å². The number of esters is 1. The van der Waals surface area contributed by atoms with Crippen LogP contribution < -0.4 is 5.32 Å². The van der Waals surface area contributed by atoms with E-state index >= 15 is 0 Å². The van der Waals surface area contributed by atoms with Crippen LogP contribution in [0.5, 0.6) is 0 Å². The fraction of sp³-hybridized carbons (Fsp3) is 0.560. The molecular weight excluding hydrogens is 408 g/mol. The minimum absolute atomic E-state index is 0.00306. The van der Waals surface area contributed by atoms with Gasteiger partial charge in [0.1, 0.15) is 12.6 Å². The van der Waals surface area contributed by atoms with Crippen molar-refractivity contribution < 1.29 is 24.2 Å². The van der Waals surface area contributed by atoms with Crippen molar-refractivity contribution in [3.63, 3.8) is 0 Å². The van der Waals surface area contributed by atoms with Crippen LogP contribution in [0.15, 0.2) is 43.2 Å². The van der Waals surface area contributed by atoms with Crippen LogP contribution in [0, 0.1) is 11.8 Å². The number of carbonyl (C=O) groups is 3. The molecule has 2 N–H and O–H groups in total.